The van der Waals surface area contributed by atoms with Crippen LogP contribution in [-0.2, 0) is 0 Å². The number of rotatable bonds is 5. The topological polar surface area (TPSA) is 12.0 Å². The van der Waals surface area contributed by atoms with E-state index in [4.69, 9.17) is 0 Å². The van der Waals surface area contributed by atoms with E-state index in [-0.39, 0.29) is 0 Å². The summed E-state index contributed by atoms with van der Waals surface area (Å²) in [5.74, 6) is 1.83. The summed E-state index contributed by atoms with van der Waals surface area (Å²) < 4.78 is 0. The molecule has 1 heteroatoms. The molecule has 1 aliphatic carbocycles. The molecule has 0 saturated heterocycles. The second kappa shape index (κ2) is 7.11. The molecule has 1 rings (SSSR count). The van der Waals surface area contributed by atoms with Crippen molar-refractivity contribution in [2.75, 3.05) is 6.54 Å². The van der Waals surface area contributed by atoms with Crippen LogP contribution in [0.3, 0.4) is 0 Å². The Labute approximate surface area is 102 Å². The Balaban J connectivity index is 2.50. The van der Waals surface area contributed by atoms with Crippen LogP contribution >= 0.6 is 0 Å². The Hall–Kier alpha value is -0.300. The molecule has 16 heavy (non-hydrogen) atoms. The third-order valence-electron chi connectivity index (χ3n) is 3.71. The van der Waals surface area contributed by atoms with Gasteiger partial charge in [0.15, 0.2) is 0 Å². The normalized spacial score (nSPS) is 27.5. The van der Waals surface area contributed by atoms with Gasteiger partial charge in [-0.1, -0.05) is 38.3 Å². The van der Waals surface area contributed by atoms with Crippen LogP contribution in [0.15, 0.2) is 11.6 Å². The maximum absolute atomic E-state index is 3.71. The molecule has 0 heterocycles. The zero-order chi connectivity index (χ0) is 12.0. The molecular formula is C15H29N. The summed E-state index contributed by atoms with van der Waals surface area (Å²) in [4.78, 5) is 0. The fourth-order valence-electron chi connectivity index (χ4n) is 2.68. The highest BCUT2D eigenvalue weighted by molar-refractivity contribution is 5.03. The molecule has 0 aromatic carbocycles. The van der Waals surface area contributed by atoms with Gasteiger partial charge in [0.1, 0.15) is 0 Å². The molecule has 1 fully saturated rings. The van der Waals surface area contributed by atoms with Crippen molar-refractivity contribution in [3.8, 4) is 0 Å². The highest BCUT2D eigenvalue weighted by atomic mass is 14.9. The van der Waals surface area contributed by atoms with Gasteiger partial charge < -0.3 is 5.32 Å². The molecule has 0 radical (unpaired) electrons. The number of nitrogens with one attached hydrogen (secondary N) is 1. The Kier molecular flexibility index (Phi) is 6.12. The lowest BCUT2D eigenvalue weighted by Gasteiger charge is -2.32. The Morgan fingerprint density at radius 3 is 2.38 bits per heavy atom. The first-order valence-electron chi connectivity index (χ1n) is 7.02. The quantitative estimate of drug-likeness (QED) is 0.691. The third kappa shape index (κ3) is 4.69. The molecular weight excluding hydrogens is 194 g/mol. The summed E-state index contributed by atoms with van der Waals surface area (Å²) in [6.45, 7) is 10.2. The number of hydrogen-bond acceptors (Lipinski definition) is 1. The van der Waals surface area contributed by atoms with E-state index < -0.39 is 0 Å². The Morgan fingerprint density at radius 1 is 1.25 bits per heavy atom. The van der Waals surface area contributed by atoms with Gasteiger partial charge in [-0.3, -0.25) is 0 Å². The number of hydrogen-bond donors (Lipinski definition) is 1. The maximum atomic E-state index is 3.71. The van der Waals surface area contributed by atoms with Crippen LogP contribution in [0.4, 0.5) is 0 Å². The molecule has 1 aliphatic rings. The second-order valence-electron chi connectivity index (χ2n) is 5.74. The monoisotopic (exact) mass is 223 g/mol. The molecule has 0 spiro atoms. The minimum Gasteiger partial charge on any atom is -0.310 e. The average Bonchev–Trinajstić information content (AvgIpc) is 2.25. The lowest BCUT2D eigenvalue weighted by molar-refractivity contribution is 0.252. The molecule has 0 amide bonds. The van der Waals surface area contributed by atoms with Gasteiger partial charge in [0, 0.05) is 6.04 Å². The molecule has 0 aliphatic heterocycles. The Morgan fingerprint density at radius 2 is 1.88 bits per heavy atom. The fraction of sp³-hybridized carbons (Fsp3) is 0.867. The first-order chi connectivity index (χ1) is 7.63. The van der Waals surface area contributed by atoms with E-state index in [1.54, 1.807) is 0 Å². The average molecular weight is 223 g/mol. The number of allylic oxidation sites excluding steroid dienone is 1. The van der Waals surface area contributed by atoms with E-state index in [2.05, 4.69) is 39.1 Å². The van der Waals surface area contributed by atoms with Crippen LogP contribution in [0, 0.1) is 11.8 Å². The molecule has 1 nitrogen and oxygen atoms in total. The molecule has 0 aromatic rings. The van der Waals surface area contributed by atoms with Gasteiger partial charge in [-0.25, -0.2) is 0 Å². The van der Waals surface area contributed by atoms with Crippen LogP contribution in [0.1, 0.15) is 59.8 Å². The predicted octanol–water partition coefficient (Wildman–Crippen LogP) is 4.15. The van der Waals surface area contributed by atoms with Crippen molar-refractivity contribution in [3.63, 3.8) is 0 Å². The summed E-state index contributed by atoms with van der Waals surface area (Å²) in [5.41, 5.74) is 1.45. The van der Waals surface area contributed by atoms with Gasteiger partial charge in [0.05, 0.1) is 0 Å². The van der Waals surface area contributed by atoms with E-state index in [0.29, 0.717) is 6.04 Å². The summed E-state index contributed by atoms with van der Waals surface area (Å²) >= 11 is 0. The second-order valence-corrected chi connectivity index (χ2v) is 5.74. The van der Waals surface area contributed by atoms with Gasteiger partial charge in [-0.05, 0) is 51.5 Å². The Bertz CT molecular complexity index is 207. The van der Waals surface area contributed by atoms with Gasteiger partial charge in [-0.2, -0.15) is 0 Å². The summed E-state index contributed by atoms with van der Waals surface area (Å²) in [6.07, 6.45) is 9.34. The van der Waals surface area contributed by atoms with Crippen molar-refractivity contribution in [2.24, 2.45) is 11.8 Å². The van der Waals surface area contributed by atoms with Crippen molar-refractivity contribution >= 4 is 0 Å². The minimum absolute atomic E-state index is 0.623. The molecule has 94 valence electrons. The summed E-state index contributed by atoms with van der Waals surface area (Å²) in [5, 5.41) is 3.71. The van der Waals surface area contributed by atoms with Gasteiger partial charge >= 0.3 is 0 Å². The molecule has 1 N–H and O–H groups in total. The lowest BCUT2D eigenvalue weighted by atomic mass is 9.79. The van der Waals surface area contributed by atoms with Crippen LogP contribution < -0.4 is 5.32 Å². The first kappa shape index (κ1) is 13.8. The van der Waals surface area contributed by atoms with Crippen molar-refractivity contribution in [1.29, 1.82) is 0 Å². The molecule has 0 bridgehead atoms. The van der Waals surface area contributed by atoms with E-state index in [1.165, 1.54) is 37.7 Å². The van der Waals surface area contributed by atoms with Crippen LogP contribution in [0.5, 0.6) is 0 Å². The van der Waals surface area contributed by atoms with Crippen LogP contribution in [0.2, 0.25) is 0 Å². The summed E-state index contributed by atoms with van der Waals surface area (Å²) in [6, 6.07) is 0.623. The minimum atomic E-state index is 0.623. The van der Waals surface area contributed by atoms with Gasteiger partial charge in [-0.15, -0.1) is 0 Å². The molecule has 1 saturated carbocycles. The highest BCUT2D eigenvalue weighted by Gasteiger charge is 2.24. The third-order valence-corrected chi connectivity index (χ3v) is 3.71. The van der Waals surface area contributed by atoms with Crippen molar-refractivity contribution < 1.29 is 0 Å². The smallest absolute Gasteiger partial charge is 0.0280 e. The van der Waals surface area contributed by atoms with Gasteiger partial charge in [0.25, 0.3) is 0 Å². The van der Waals surface area contributed by atoms with Crippen LogP contribution in [0.25, 0.3) is 0 Å². The van der Waals surface area contributed by atoms with Crippen molar-refractivity contribution in [2.45, 2.75) is 65.8 Å². The zero-order valence-electron chi connectivity index (χ0n) is 11.6. The molecule has 0 aromatic heterocycles. The standard InChI is InChI=1S/C15H29N/c1-5-10-16-15(11-12(2)3)14-8-6-13(4)7-9-14/h11,13-16H,5-10H2,1-4H3. The largest absolute Gasteiger partial charge is 0.310 e. The van der Waals surface area contributed by atoms with E-state index >= 15 is 0 Å². The van der Waals surface area contributed by atoms with Gasteiger partial charge in [0.2, 0.25) is 0 Å². The van der Waals surface area contributed by atoms with Crippen LogP contribution in [-0.4, -0.2) is 12.6 Å². The van der Waals surface area contributed by atoms with E-state index in [9.17, 15) is 0 Å². The van der Waals surface area contributed by atoms with E-state index in [0.717, 1.165) is 18.4 Å². The molecule has 1 unspecified atom stereocenters. The SMILES string of the molecule is CCCNC(C=C(C)C)C1CCC(C)CC1. The summed E-state index contributed by atoms with van der Waals surface area (Å²) in [7, 11) is 0. The highest BCUT2D eigenvalue weighted by Crippen LogP contribution is 2.31. The zero-order valence-corrected chi connectivity index (χ0v) is 11.6. The maximum Gasteiger partial charge on any atom is 0.0280 e. The van der Waals surface area contributed by atoms with Crippen molar-refractivity contribution in [1.82, 2.24) is 5.32 Å². The lowest BCUT2D eigenvalue weighted by Crippen LogP contribution is -2.37. The molecule has 1 atom stereocenters. The predicted molar refractivity (Wildman–Crippen MR) is 72.6 cm³/mol. The first-order valence-corrected chi connectivity index (χ1v) is 7.02. The van der Waals surface area contributed by atoms with E-state index in [1.807, 2.05) is 0 Å². The van der Waals surface area contributed by atoms with Crippen molar-refractivity contribution in [3.05, 3.63) is 11.6 Å². The fourth-order valence-corrected chi connectivity index (χ4v) is 2.68.